The molecule has 1 aliphatic rings. The van der Waals surface area contributed by atoms with Crippen LogP contribution in [0.2, 0.25) is 0 Å². The second kappa shape index (κ2) is 6.83. The second-order valence-electron chi connectivity index (χ2n) is 5.02. The molecule has 0 radical (unpaired) electrons. The van der Waals surface area contributed by atoms with Gasteiger partial charge in [0.05, 0.1) is 5.56 Å². The summed E-state index contributed by atoms with van der Waals surface area (Å²) >= 11 is 0. The number of aliphatic hydroxyl groups is 1. The highest BCUT2D eigenvalue weighted by molar-refractivity contribution is 5.78. The summed E-state index contributed by atoms with van der Waals surface area (Å²) in [5, 5.41) is 11.6. The highest BCUT2D eigenvalue weighted by Crippen LogP contribution is 2.35. The fourth-order valence-corrected chi connectivity index (χ4v) is 2.24. The first-order valence-electron chi connectivity index (χ1n) is 6.77. The van der Waals surface area contributed by atoms with Crippen molar-refractivity contribution in [1.82, 2.24) is 5.32 Å². The zero-order valence-corrected chi connectivity index (χ0v) is 11.6. The summed E-state index contributed by atoms with van der Waals surface area (Å²) in [6, 6.07) is 4.51. The van der Waals surface area contributed by atoms with Crippen molar-refractivity contribution in [2.45, 2.75) is 18.6 Å². The molecule has 2 atom stereocenters. The van der Waals surface area contributed by atoms with Crippen LogP contribution in [-0.4, -0.2) is 30.3 Å². The zero-order valence-electron chi connectivity index (χ0n) is 11.6. The van der Waals surface area contributed by atoms with Gasteiger partial charge in [0, 0.05) is 18.6 Å². The van der Waals surface area contributed by atoms with Gasteiger partial charge in [-0.25, -0.2) is 0 Å². The van der Waals surface area contributed by atoms with E-state index in [9.17, 15) is 18.0 Å². The molecule has 0 fully saturated rings. The number of nitrogens with one attached hydrogen (secondary N) is 1. The number of hydrogen-bond donors (Lipinski definition) is 2. The number of carbonyl (C=O) groups is 1. The van der Waals surface area contributed by atoms with Gasteiger partial charge in [-0.15, -0.1) is 0 Å². The minimum atomic E-state index is -4.53. The molecule has 22 heavy (non-hydrogen) atoms. The molecule has 0 spiro atoms. The highest BCUT2D eigenvalue weighted by Gasteiger charge is 2.34. The number of para-hydroxylation sites is 1. The van der Waals surface area contributed by atoms with Crippen LogP contribution in [0.1, 0.15) is 12.0 Å². The van der Waals surface area contributed by atoms with E-state index < -0.39 is 24.3 Å². The lowest BCUT2D eigenvalue weighted by molar-refractivity contribution is -0.139. The molecule has 2 rings (SSSR count). The van der Waals surface area contributed by atoms with Crippen molar-refractivity contribution >= 4 is 5.91 Å². The van der Waals surface area contributed by atoms with Crippen molar-refractivity contribution in [2.75, 3.05) is 13.2 Å². The molecule has 4 nitrogen and oxygen atoms in total. The van der Waals surface area contributed by atoms with Gasteiger partial charge in [0.2, 0.25) is 0 Å². The summed E-state index contributed by atoms with van der Waals surface area (Å²) in [6.45, 7) is -0.500. The smallest absolute Gasteiger partial charge is 0.419 e. The summed E-state index contributed by atoms with van der Waals surface area (Å²) in [4.78, 5) is 11.7. The lowest BCUT2D eigenvalue weighted by atomic mass is 10.1. The number of ether oxygens (including phenoxy) is 1. The standard InChI is InChI=1S/C15H16F3NO3/c16-15(17,18)12-3-1-2-4-13(12)22-9-14(21)19-11-6-5-10(7-11)8-20/h1-6,10-11,20H,7-9H2,(H,19,21)/t10-,11+/m0/s1. The largest absolute Gasteiger partial charge is 0.483 e. The van der Waals surface area contributed by atoms with Crippen LogP contribution in [0.5, 0.6) is 5.75 Å². The molecule has 0 saturated carbocycles. The Balaban J connectivity index is 1.88. The van der Waals surface area contributed by atoms with Crippen molar-refractivity contribution < 1.29 is 27.8 Å². The Bertz CT molecular complexity index is 557. The maximum atomic E-state index is 12.8. The predicted octanol–water partition coefficient (Wildman–Crippen LogP) is 2.14. The van der Waals surface area contributed by atoms with Gasteiger partial charge in [0.1, 0.15) is 5.75 Å². The number of benzene rings is 1. The molecule has 1 amide bonds. The molecule has 120 valence electrons. The third-order valence-corrected chi connectivity index (χ3v) is 3.30. The predicted molar refractivity (Wildman–Crippen MR) is 73.2 cm³/mol. The van der Waals surface area contributed by atoms with E-state index >= 15 is 0 Å². The van der Waals surface area contributed by atoms with Crippen LogP contribution in [0.15, 0.2) is 36.4 Å². The molecule has 1 aliphatic carbocycles. The molecule has 1 aromatic carbocycles. The summed E-state index contributed by atoms with van der Waals surface area (Å²) in [5.41, 5.74) is -0.913. The van der Waals surface area contributed by atoms with E-state index in [4.69, 9.17) is 9.84 Å². The van der Waals surface area contributed by atoms with E-state index in [2.05, 4.69) is 5.32 Å². The van der Waals surface area contributed by atoms with Gasteiger partial charge in [-0.1, -0.05) is 24.3 Å². The topological polar surface area (TPSA) is 58.6 Å². The van der Waals surface area contributed by atoms with Gasteiger partial charge in [0.15, 0.2) is 6.61 Å². The van der Waals surface area contributed by atoms with Crippen LogP contribution in [0.25, 0.3) is 0 Å². The lowest BCUT2D eigenvalue weighted by Gasteiger charge is -2.15. The van der Waals surface area contributed by atoms with Crippen molar-refractivity contribution in [2.24, 2.45) is 5.92 Å². The fourth-order valence-electron chi connectivity index (χ4n) is 2.24. The van der Waals surface area contributed by atoms with Crippen LogP contribution in [0.4, 0.5) is 13.2 Å². The Labute approximate surface area is 125 Å². The van der Waals surface area contributed by atoms with Crippen molar-refractivity contribution in [3.63, 3.8) is 0 Å². The van der Waals surface area contributed by atoms with Gasteiger partial charge in [-0.2, -0.15) is 13.2 Å². The van der Waals surface area contributed by atoms with Crippen molar-refractivity contribution in [3.05, 3.63) is 42.0 Å². The molecule has 0 bridgehead atoms. The minimum absolute atomic E-state index is 0.00166. The molecule has 1 aromatic rings. The number of carbonyl (C=O) groups excluding carboxylic acids is 1. The quantitative estimate of drug-likeness (QED) is 0.819. The number of amides is 1. The lowest BCUT2D eigenvalue weighted by Crippen LogP contribution is -2.36. The van der Waals surface area contributed by atoms with E-state index in [1.165, 1.54) is 18.2 Å². The number of alkyl halides is 3. The molecule has 0 saturated heterocycles. The molecule has 7 heteroatoms. The minimum Gasteiger partial charge on any atom is -0.483 e. The molecular weight excluding hydrogens is 299 g/mol. The van der Waals surface area contributed by atoms with Gasteiger partial charge in [0.25, 0.3) is 5.91 Å². The van der Waals surface area contributed by atoms with Crippen LogP contribution in [-0.2, 0) is 11.0 Å². The summed E-state index contributed by atoms with van der Waals surface area (Å²) in [7, 11) is 0. The Hall–Kier alpha value is -2.02. The van der Waals surface area contributed by atoms with E-state index in [0.717, 1.165) is 6.07 Å². The van der Waals surface area contributed by atoms with Crippen LogP contribution >= 0.6 is 0 Å². The monoisotopic (exact) mass is 315 g/mol. The normalized spacial score (nSPS) is 20.9. The highest BCUT2D eigenvalue weighted by atomic mass is 19.4. The molecule has 0 aliphatic heterocycles. The molecular formula is C15H16F3NO3. The van der Waals surface area contributed by atoms with Crippen molar-refractivity contribution in [3.8, 4) is 5.75 Å². The Morgan fingerprint density at radius 2 is 2.05 bits per heavy atom. The second-order valence-corrected chi connectivity index (χ2v) is 5.02. The van der Waals surface area contributed by atoms with Gasteiger partial charge in [-0.3, -0.25) is 4.79 Å². The zero-order chi connectivity index (χ0) is 16.2. The SMILES string of the molecule is O=C(COc1ccccc1C(F)(F)F)N[C@@H]1C=C[C@H](CO)C1. The average Bonchev–Trinajstić information content (AvgIpc) is 2.92. The van der Waals surface area contributed by atoms with E-state index in [1.807, 2.05) is 0 Å². The van der Waals surface area contributed by atoms with Crippen molar-refractivity contribution in [1.29, 1.82) is 0 Å². The Morgan fingerprint density at radius 1 is 1.32 bits per heavy atom. The van der Waals surface area contributed by atoms with Crippen LogP contribution < -0.4 is 10.1 Å². The molecule has 0 heterocycles. The van der Waals surface area contributed by atoms with E-state index in [-0.39, 0.29) is 24.3 Å². The third-order valence-electron chi connectivity index (χ3n) is 3.30. The summed E-state index contributed by atoms with van der Waals surface area (Å²) in [5.74, 6) is -0.886. The van der Waals surface area contributed by atoms with Gasteiger partial charge < -0.3 is 15.2 Å². The van der Waals surface area contributed by atoms with Gasteiger partial charge in [-0.05, 0) is 18.6 Å². The molecule has 0 aromatic heterocycles. The Kier molecular flexibility index (Phi) is 5.07. The fraction of sp³-hybridized carbons (Fsp3) is 0.400. The number of halogens is 3. The van der Waals surface area contributed by atoms with E-state index in [1.54, 1.807) is 12.2 Å². The summed E-state index contributed by atoms with van der Waals surface area (Å²) in [6.07, 6.45) is -0.413. The average molecular weight is 315 g/mol. The van der Waals surface area contributed by atoms with E-state index in [0.29, 0.717) is 6.42 Å². The first-order chi connectivity index (χ1) is 10.4. The summed E-state index contributed by atoms with van der Waals surface area (Å²) < 4.78 is 43.3. The van der Waals surface area contributed by atoms with Crippen LogP contribution in [0.3, 0.4) is 0 Å². The number of rotatable bonds is 5. The molecule has 2 N–H and O–H groups in total. The first-order valence-corrected chi connectivity index (χ1v) is 6.77. The number of aliphatic hydroxyl groups excluding tert-OH is 1. The Morgan fingerprint density at radius 3 is 2.68 bits per heavy atom. The maximum Gasteiger partial charge on any atom is 0.419 e. The maximum absolute atomic E-state index is 12.8. The molecule has 0 unspecified atom stereocenters. The third kappa shape index (κ3) is 4.24. The van der Waals surface area contributed by atoms with Gasteiger partial charge >= 0.3 is 6.18 Å². The number of hydrogen-bond acceptors (Lipinski definition) is 3. The van der Waals surface area contributed by atoms with Crippen LogP contribution in [0, 0.1) is 5.92 Å². The first kappa shape index (κ1) is 16.4.